The number of carbonyl (C=O) groups excluding carboxylic acids is 1. The molecule has 0 unspecified atom stereocenters. The number of hydrogen-bond acceptors (Lipinski definition) is 5. The van der Waals surface area contributed by atoms with E-state index in [9.17, 15) is 39.6 Å². The molecule has 0 aliphatic carbocycles. The van der Waals surface area contributed by atoms with Gasteiger partial charge >= 0.3 is 12.4 Å². The van der Waals surface area contributed by atoms with E-state index in [1.807, 2.05) is 0 Å². The molecular formula is C27H22F6N2O4S2. The highest BCUT2D eigenvalue weighted by Crippen LogP contribution is 2.49. The Morgan fingerprint density at radius 2 is 1.44 bits per heavy atom. The average molecular weight is 617 g/mol. The van der Waals surface area contributed by atoms with Gasteiger partial charge in [0.15, 0.2) is 0 Å². The number of hydrogen-bond donors (Lipinski definition) is 1. The number of ether oxygens (including phenoxy) is 1. The van der Waals surface area contributed by atoms with Crippen LogP contribution in [-0.2, 0) is 31.9 Å². The second-order valence-corrected chi connectivity index (χ2v) is 11.5. The van der Waals surface area contributed by atoms with Crippen molar-refractivity contribution < 1.29 is 44.3 Å². The molecule has 1 fully saturated rings. The van der Waals surface area contributed by atoms with E-state index in [1.54, 1.807) is 6.07 Å². The third-order valence-electron chi connectivity index (χ3n) is 5.90. The number of nitrogens with one attached hydrogen (secondary N) is 1. The molecule has 6 nitrogen and oxygen atoms in total. The molecule has 1 heterocycles. The second kappa shape index (κ2) is 12.2. The molecule has 1 N–H and O–H groups in total. The Hall–Kier alpha value is -3.49. The molecule has 0 atom stereocenters. The van der Waals surface area contributed by atoms with Gasteiger partial charge in [-0.25, -0.2) is 8.42 Å². The largest absolute Gasteiger partial charge is 0.418 e. The van der Waals surface area contributed by atoms with Gasteiger partial charge in [0, 0.05) is 29.0 Å². The number of amides is 1. The minimum atomic E-state index is -5.44. The molecule has 41 heavy (non-hydrogen) atoms. The predicted molar refractivity (Wildman–Crippen MR) is 141 cm³/mol. The Morgan fingerprint density at radius 1 is 0.829 bits per heavy atom. The topological polar surface area (TPSA) is 75.7 Å². The van der Waals surface area contributed by atoms with Crippen LogP contribution in [0.1, 0.15) is 16.7 Å². The SMILES string of the molecule is O=C(C=Cc1ccc(Sc2ccccc2NS(=O)(=O)c2ccccc2)c(C(F)(F)F)c1C(F)(F)F)N1CCOCC1. The van der Waals surface area contributed by atoms with Gasteiger partial charge < -0.3 is 9.64 Å². The maximum Gasteiger partial charge on any atom is 0.418 e. The van der Waals surface area contributed by atoms with E-state index < -0.39 is 49.9 Å². The van der Waals surface area contributed by atoms with E-state index >= 15 is 0 Å². The van der Waals surface area contributed by atoms with E-state index in [1.165, 1.54) is 53.4 Å². The van der Waals surface area contributed by atoms with Gasteiger partial charge in [0.1, 0.15) is 0 Å². The van der Waals surface area contributed by atoms with E-state index in [-0.39, 0.29) is 41.8 Å². The fraction of sp³-hybridized carbons (Fsp3) is 0.222. The number of rotatable bonds is 7. The molecular weight excluding hydrogens is 594 g/mol. The molecule has 4 rings (SSSR count). The Balaban J connectivity index is 1.75. The van der Waals surface area contributed by atoms with Crippen molar-refractivity contribution in [2.24, 2.45) is 0 Å². The van der Waals surface area contributed by atoms with Crippen molar-refractivity contribution in [1.82, 2.24) is 4.90 Å². The average Bonchev–Trinajstić information content (AvgIpc) is 2.92. The van der Waals surface area contributed by atoms with Gasteiger partial charge in [0.05, 0.1) is 34.9 Å². The van der Waals surface area contributed by atoms with Crippen molar-refractivity contribution in [2.75, 3.05) is 31.0 Å². The van der Waals surface area contributed by atoms with Gasteiger partial charge in [0.25, 0.3) is 10.0 Å². The third kappa shape index (κ3) is 7.43. The number of morpholine rings is 1. The van der Waals surface area contributed by atoms with Crippen LogP contribution in [0.4, 0.5) is 32.0 Å². The zero-order valence-corrected chi connectivity index (χ0v) is 22.6. The van der Waals surface area contributed by atoms with Crippen molar-refractivity contribution in [1.29, 1.82) is 0 Å². The second-order valence-electron chi connectivity index (χ2n) is 8.69. The van der Waals surface area contributed by atoms with Crippen LogP contribution < -0.4 is 4.72 Å². The van der Waals surface area contributed by atoms with Crippen LogP contribution in [0.15, 0.2) is 87.5 Å². The molecule has 0 aromatic heterocycles. The van der Waals surface area contributed by atoms with Crippen LogP contribution in [-0.4, -0.2) is 45.5 Å². The van der Waals surface area contributed by atoms with Gasteiger partial charge in [-0.1, -0.05) is 48.2 Å². The fourth-order valence-electron chi connectivity index (χ4n) is 4.02. The number of nitrogens with zero attached hydrogens (tertiary/aromatic N) is 1. The lowest BCUT2D eigenvalue weighted by Crippen LogP contribution is -2.39. The Morgan fingerprint density at radius 3 is 2.07 bits per heavy atom. The molecule has 1 aliphatic rings. The highest BCUT2D eigenvalue weighted by atomic mass is 32.2. The highest BCUT2D eigenvalue weighted by Gasteiger charge is 2.46. The van der Waals surface area contributed by atoms with Gasteiger partial charge in [-0.15, -0.1) is 0 Å². The zero-order valence-electron chi connectivity index (χ0n) is 21.0. The number of anilines is 1. The minimum absolute atomic E-state index is 0.0589. The van der Waals surface area contributed by atoms with Crippen LogP contribution in [0, 0.1) is 0 Å². The van der Waals surface area contributed by atoms with Crippen LogP contribution in [0.2, 0.25) is 0 Å². The van der Waals surface area contributed by atoms with Gasteiger partial charge in [-0.05, 0) is 42.0 Å². The van der Waals surface area contributed by atoms with Crippen molar-refractivity contribution in [3.8, 4) is 0 Å². The number of carbonyl (C=O) groups is 1. The van der Waals surface area contributed by atoms with Crippen molar-refractivity contribution in [3.63, 3.8) is 0 Å². The summed E-state index contributed by atoms with van der Waals surface area (Å²) >= 11 is 0.330. The molecule has 1 amide bonds. The van der Waals surface area contributed by atoms with Crippen LogP contribution >= 0.6 is 11.8 Å². The summed E-state index contributed by atoms with van der Waals surface area (Å²) in [5.74, 6) is -0.659. The van der Waals surface area contributed by atoms with Gasteiger partial charge in [0.2, 0.25) is 5.91 Å². The molecule has 0 bridgehead atoms. The third-order valence-corrected chi connectivity index (χ3v) is 8.42. The van der Waals surface area contributed by atoms with E-state index in [0.29, 0.717) is 17.8 Å². The number of halogens is 6. The lowest BCUT2D eigenvalue weighted by Gasteiger charge is -2.25. The zero-order chi connectivity index (χ0) is 29.8. The molecule has 3 aromatic rings. The summed E-state index contributed by atoms with van der Waals surface area (Å²) in [5.41, 5.74) is -4.86. The standard InChI is InChI=1S/C27H22F6N2O4S2/c28-26(29,30)24-18(11-13-23(36)35-14-16-39-17-15-35)10-12-22(25(24)27(31,32)33)40-21-9-5-4-8-20(21)34-41(37,38)19-6-2-1-3-7-19/h1-13,34H,14-17H2. The first-order valence-corrected chi connectivity index (χ1v) is 14.3. The van der Waals surface area contributed by atoms with E-state index in [0.717, 1.165) is 18.2 Å². The summed E-state index contributed by atoms with van der Waals surface area (Å²) in [4.78, 5) is 12.7. The normalized spacial score (nSPS) is 14.8. The molecule has 1 saturated heterocycles. The monoisotopic (exact) mass is 616 g/mol. The number of alkyl halides is 6. The molecule has 1 aliphatic heterocycles. The Labute approximate surface area is 236 Å². The molecule has 218 valence electrons. The Bertz CT molecular complexity index is 1540. The number of para-hydroxylation sites is 1. The van der Waals surface area contributed by atoms with Crippen LogP contribution in [0.25, 0.3) is 6.08 Å². The Kier molecular flexibility index (Phi) is 9.04. The predicted octanol–water partition coefficient (Wildman–Crippen LogP) is 6.55. The van der Waals surface area contributed by atoms with Gasteiger partial charge in [-0.2, -0.15) is 26.3 Å². The van der Waals surface area contributed by atoms with E-state index in [4.69, 9.17) is 4.74 Å². The summed E-state index contributed by atoms with van der Waals surface area (Å²) in [7, 11) is -4.15. The first kappa shape index (κ1) is 30.5. The molecule has 0 spiro atoms. The summed E-state index contributed by atoms with van der Waals surface area (Å²) in [6, 6.07) is 14.3. The first-order valence-electron chi connectivity index (χ1n) is 12.0. The first-order chi connectivity index (χ1) is 19.3. The quantitative estimate of drug-likeness (QED) is 0.241. The number of benzene rings is 3. The lowest BCUT2D eigenvalue weighted by atomic mass is 9.99. The summed E-state index contributed by atoms with van der Waals surface area (Å²) in [6.07, 6.45) is -9.36. The maximum atomic E-state index is 14.3. The van der Waals surface area contributed by atoms with Crippen LogP contribution in [0.3, 0.4) is 0 Å². The molecule has 14 heteroatoms. The fourth-order valence-corrected chi connectivity index (χ4v) is 6.26. The van der Waals surface area contributed by atoms with Crippen molar-refractivity contribution >= 4 is 39.5 Å². The van der Waals surface area contributed by atoms with Crippen LogP contribution in [0.5, 0.6) is 0 Å². The minimum Gasteiger partial charge on any atom is -0.378 e. The van der Waals surface area contributed by atoms with Gasteiger partial charge in [-0.3, -0.25) is 9.52 Å². The van der Waals surface area contributed by atoms with Crippen molar-refractivity contribution in [3.05, 3.63) is 89.5 Å². The molecule has 0 radical (unpaired) electrons. The summed E-state index contributed by atoms with van der Waals surface area (Å²) < 4.78 is 118. The lowest BCUT2D eigenvalue weighted by molar-refractivity contribution is -0.163. The molecule has 0 saturated carbocycles. The van der Waals surface area contributed by atoms with Crippen molar-refractivity contribution in [2.45, 2.75) is 27.0 Å². The smallest absolute Gasteiger partial charge is 0.378 e. The van der Waals surface area contributed by atoms with E-state index in [2.05, 4.69) is 4.72 Å². The summed E-state index contributed by atoms with van der Waals surface area (Å²) in [5, 5.41) is 0. The highest BCUT2D eigenvalue weighted by molar-refractivity contribution is 7.99. The molecule has 3 aromatic carbocycles. The maximum absolute atomic E-state index is 14.3. The summed E-state index contributed by atoms with van der Waals surface area (Å²) in [6.45, 7) is 0.874. The number of sulfonamides is 1.